The van der Waals surface area contributed by atoms with Gasteiger partial charge in [-0.1, -0.05) is 0 Å². The molecule has 21 heavy (non-hydrogen) atoms. The summed E-state index contributed by atoms with van der Waals surface area (Å²) in [7, 11) is 1.52. The van der Waals surface area contributed by atoms with Crippen LogP contribution in [-0.2, 0) is 14.3 Å². The lowest BCUT2D eigenvalue weighted by molar-refractivity contribution is -0.121. The Morgan fingerprint density at radius 3 is 2.10 bits per heavy atom. The van der Waals surface area contributed by atoms with Gasteiger partial charge in [0.1, 0.15) is 6.61 Å². The minimum atomic E-state index is -0.732. The van der Waals surface area contributed by atoms with Crippen molar-refractivity contribution >= 4 is 23.4 Å². The average molecular weight is 295 g/mol. The summed E-state index contributed by atoms with van der Waals surface area (Å²) in [5, 5.41) is 2.49. The Morgan fingerprint density at radius 1 is 1.05 bits per heavy atom. The van der Waals surface area contributed by atoms with Crippen LogP contribution in [0.2, 0.25) is 0 Å². The lowest BCUT2D eigenvalue weighted by atomic mass is 10.1. The molecule has 0 aromatic heterocycles. The summed E-state index contributed by atoms with van der Waals surface area (Å²) in [4.78, 5) is 34.0. The maximum Gasteiger partial charge on any atom is 0.250 e. The third-order valence-corrected chi connectivity index (χ3v) is 2.45. The van der Waals surface area contributed by atoms with Gasteiger partial charge in [0, 0.05) is 23.9 Å². The van der Waals surface area contributed by atoms with Crippen LogP contribution in [0.15, 0.2) is 18.2 Å². The molecule has 5 N–H and O–H groups in total. The first-order valence-corrected chi connectivity index (χ1v) is 6.05. The molecule has 0 spiro atoms. The molecule has 0 radical (unpaired) electrons. The number of carbonyl (C=O) groups excluding carboxylic acids is 3. The third kappa shape index (κ3) is 5.59. The van der Waals surface area contributed by atoms with Crippen molar-refractivity contribution in [1.29, 1.82) is 0 Å². The molecule has 0 fully saturated rings. The highest BCUT2D eigenvalue weighted by molar-refractivity contribution is 6.01. The fraction of sp³-hybridized carbons (Fsp3) is 0.308. The average Bonchev–Trinajstić information content (AvgIpc) is 2.43. The Morgan fingerprint density at radius 2 is 1.62 bits per heavy atom. The maximum absolute atomic E-state index is 11.6. The van der Waals surface area contributed by atoms with E-state index in [0.29, 0.717) is 6.61 Å². The van der Waals surface area contributed by atoms with Gasteiger partial charge in [-0.25, -0.2) is 0 Å². The number of benzene rings is 1. The van der Waals surface area contributed by atoms with Gasteiger partial charge in [-0.15, -0.1) is 0 Å². The van der Waals surface area contributed by atoms with E-state index in [2.05, 4.69) is 5.32 Å². The third-order valence-electron chi connectivity index (χ3n) is 2.45. The molecule has 0 heterocycles. The lowest BCUT2D eigenvalue weighted by Crippen LogP contribution is -2.21. The molecule has 0 aliphatic heterocycles. The number of anilines is 1. The van der Waals surface area contributed by atoms with Gasteiger partial charge in [-0.05, 0) is 18.2 Å². The number of hydrogen-bond acceptors (Lipinski definition) is 5. The van der Waals surface area contributed by atoms with Crippen LogP contribution in [0.25, 0.3) is 0 Å². The monoisotopic (exact) mass is 295 g/mol. The first kappa shape index (κ1) is 16.6. The lowest BCUT2D eigenvalue weighted by Gasteiger charge is -2.09. The van der Waals surface area contributed by atoms with E-state index in [4.69, 9.17) is 20.9 Å². The van der Waals surface area contributed by atoms with Crippen molar-refractivity contribution in [2.24, 2.45) is 11.5 Å². The molecule has 0 aliphatic rings. The van der Waals surface area contributed by atoms with E-state index in [0.717, 1.165) is 0 Å². The van der Waals surface area contributed by atoms with Crippen LogP contribution in [0.1, 0.15) is 20.7 Å². The highest BCUT2D eigenvalue weighted by Gasteiger charge is 2.11. The van der Waals surface area contributed by atoms with Crippen LogP contribution in [0.3, 0.4) is 0 Å². The number of methoxy groups -OCH3 is 1. The zero-order valence-corrected chi connectivity index (χ0v) is 11.5. The number of hydrogen-bond donors (Lipinski definition) is 3. The molecule has 114 valence electrons. The molecule has 0 bridgehead atoms. The molecular formula is C13H17N3O5. The Bertz CT molecular complexity index is 512. The number of nitrogens with one attached hydrogen (secondary N) is 1. The highest BCUT2D eigenvalue weighted by Crippen LogP contribution is 2.14. The minimum absolute atomic E-state index is 0.0712. The molecular weight excluding hydrogens is 278 g/mol. The first-order valence-electron chi connectivity index (χ1n) is 6.05. The standard InChI is InChI=1S/C13H17N3O5/c1-20-2-3-21-7-11(17)16-10-5-8(12(14)18)4-9(6-10)13(15)19/h4-6H,2-3,7H2,1H3,(H2,14,18)(H2,15,19)(H,16,17). The zero-order chi connectivity index (χ0) is 15.8. The zero-order valence-electron chi connectivity index (χ0n) is 11.5. The van der Waals surface area contributed by atoms with Crippen molar-refractivity contribution in [1.82, 2.24) is 0 Å². The molecule has 0 unspecified atom stereocenters. The van der Waals surface area contributed by atoms with E-state index in [9.17, 15) is 14.4 Å². The van der Waals surface area contributed by atoms with Gasteiger partial charge in [-0.3, -0.25) is 14.4 Å². The van der Waals surface area contributed by atoms with Gasteiger partial charge < -0.3 is 26.3 Å². The molecule has 1 aromatic rings. The number of carbonyl (C=O) groups is 3. The van der Waals surface area contributed by atoms with Crippen LogP contribution in [-0.4, -0.2) is 44.7 Å². The van der Waals surface area contributed by atoms with Crippen molar-refractivity contribution in [3.05, 3.63) is 29.3 Å². The van der Waals surface area contributed by atoms with E-state index >= 15 is 0 Å². The van der Waals surface area contributed by atoms with Gasteiger partial charge >= 0.3 is 0 Å². The van der Waals surface area contributed by atoms with Crippen LogP contribution in [0.4, 0.5) is 5.69 Å². The van der Waals surface area contributed by atoms with E-state index in [1.807, 2.05) is 0 Å². The van der Waals surface area contributed by atoms with Crippen LogP contribution >= 0.6 is 0 Å². The first-order chi connectivity index (χ1) is 9.93. The highest BCUT2D eigenvalue weighted by atomic mass is 16.5. The quantitative estimate of drug-likeness (QED) is 0.555. The van der Waals surface area contributed by atoms with Gasteiger partial charge in [-0.2, -0.15) is 0 Å². The number of ether oxygens (including phenoxy) is 2. The predicted octanol–water partition coefficient (Wildman–Crippen LogP) is -0.514. The second kappa shape index (κ2) is 7.98. The van der Waals surface area contributed by atoms with E-state index < -0.39 is 17.7 Å². The fourth-order valence-electron chi connectivity index (χ4n) is 1.49. The predicted molar refractivity (Wildman–Crippen MR) is 74.8 cm³/mol. The van der Waals surface area contributed by atoms with Gasteiger partial charge in [0.05, 0.1) is 13.2 Å². The smallest absolute Gasteiger partial charge is 0.250 e. The Kier molecular flexibility index (Phi) is 6.31. The normalized spacial score (nSPS) is 10.1. The van der Waals surface area contributed by atoms with E-state index in [1.165, 1.54) is 25.3 Å². The number of nitrogens with two attached hydrogens (primary N) is 2. The summed E-state index contributed by atoms with van der Waals surface area (Å²) in [6.45, 7) is 0.462. The number of rotatable bonds is 8. The molecule has 8 heteroatoms. The molecule has 1 rings (SSSR count). The van der Waals surface area contributed by atoms with Crippen molar-refractivity contribution < 1.29 is 23.9 Å². The second-order valence-electron chi connectivity index (χ2n) is 4.12. The number of primary amides is 2. The molecule has 1 aromatic carbocycles. The Balaban J connectivity index is 2.75. The SMILES string of the molecule is COCCOCC(=O)Nc1cc(C(N)=O)cc(C(N)=O)c1. The molecule has 0 aliphatic carbocycles. The number of amides is 3. The van der Waals surface area contributed by atoms with Crippen LogP contribution in [0.5, 0.6) is 0 Å². The molecule has 0 saturated carbocycles. The van der Waals surface area contributed by atoms with Gasteiger partial charge in [0.15, 0.2) is 0 Å². The maximum atomic E-state index is 11.6. The van der Waals surface area contributed by atoms with Crippen molar-refractivity contribution in [3.8, 4) is 0 Å². The molecule has 3 amide bonds. The van der Waals surface area contributed by atoms with Crippen molar-refractivity contribution in [3.63, 3.8) is 0 Å². The summed E-state index contributed by atoms with van der Waals surface area (Å²) in [6, 6.07) is 3.96. The van der Waals surface area contributed by atoms with Crippen molar-refractivity contribution in [2.45, 2.75) is 0 Å². The molecule has 0 saturated heterocycles. The van der Waals surface area contributed by atoms with Crippen LogP contribution in [0, 0.1) is 0 Å². The molecule has 0 atom stereocenters. The summed E-state index contributed by atoms with van der Waals surface area (Å²) < 4.78 is 9.81. The minimum Gasteiger partial charge on any atom is -0.382 e. The summed E-state index contributed by atoms with van der Waals surface area (Å²) in [5.74, 6) is -1.90. The van der Waals surface area contributed by atoms with Crippen molar-refractivity contribution in [2.75, 3.05) is 32.2 Å². The van der Waals surface area contributed by atoms with E-state index in [-0.39, 0.29) is 30.0 Å². The fourth-order valence-corrected chi connectivity index (χ4v) is 1.49. The Labute approximate surface area is 121 Å². The van der Waals surface area contributed by atoms with Gasteiger partial charge in [0.2, 0.25) is 17.7 Å². The summed E-state index contributed by atoms with van der Waals surface area (Å²) in [5.41, 5.74) is 10.7. The van der Waals surface area contributed by atoms with Gasteiger partial charge in [0.25, 0.3) is 0 Å². The van der Waals surface area contributed by atoms with E-state index in [1.54, 1.807) is 0 Å². The van der Waals surface area contributed by atoms with Crippen LogP contribution < -0.4 is 16.8 Å². The Hall–Kier alpha value is -2.45. The topological polar surface area (TPSA) is 134 Å². The second-order valence-corrected chi connectivity index (χ2v) is 4.12. The summed E-state index contributed by atoms with van der Waals surface area (Å²) in [6.07, 6.45) is 0. The largest absolute Gasteiger partial charge is 0.382 e. The molecule has 8 nitrogen and oxygen atoms in total. The summed E-state index contributed by atoms with van der Waals surface area (Å²) >= 11 is 0.